The van der Waals surface area contributed by atoms with E-state index >= 15 is 0 Å². The number of morpholine rings is 1. The molecule has 1 aromatic heterocycles. The van der Waals surface area contributed by atoms with Gasteiger partial charge in [0.1, 0.15) is 22.0 Å². The molecule has 12 heteroatoms. The Morgan fingerprint density at radius 3 is 2.56 bits per heavy atom. The molecular weight excluding hydrogens is 591 g/mol. The molecule has 8 nitrogen and oxygen atoms in total. The Balaban J connectivity index is 1.65. The van der Waals surface area contributed by atoms with E-state index in [2.05, 4.69) is 4.90 Å². The second kappa shape index (κ2) is 12.8. The summed E-state index contributed by atoms with van der Waals surface area (Å²) in [5.41, 5.74) is 1.57. The van der Waals surface area contributed by atoms with Crippen LogP contribution in [-0.4, -0.2) is 68.6 Å². The lowest BCUT2D eigenvalue weighted by atomic mass is 9.77. The van der Waals surface area contributed by atoms with Crippen molar-refractivity contribution in [2.45, 2.75) is 16.9 Å². The molecular formula is C29H28ClFN2O6S2. The first kappa shape index (κ1) is 29.4. The van der Waals surface area contributed by atoms with Crippen LogP contribution in [0.3, 0.4) is 0 Å². The highest BCUT2D eigenvalue weighted by atomic mass is 35.5. The van der Waals surface area contributed by atoms with Crippen LogP contribution in [0.1, 0.15) is 17.5 Å². The minimum Gasteiger partial charge on any atom is -0.449 e. The maximum absolute atomic E-state index is 14.4. The number of carbonyl (C=O) groups is 2. The fourth-order valence-electron chi connectivity index (χ4n) is 5.21. The molecule has 0 bridgehead atoms. The Morgan fingerprint density at radius 1 is 1.17 bits per heavy atom. The molecule has 1 saturated heterocycles. The second-order valence-electron chi connectivity index (χ2n) is 9.44. The minimum absolute atomic E-state index is 0.00925. The van der Waals surface area contributed by atoms with Crippen molar-refractivity contribution in [2.24, 2.45) is 0 Å². The third kappa shape index (κ3) is 6.09. The number of amides is 1. The highest BCUT2D eigenvalue weighted by Crippen LogP contribution is 2.50. The van der Waals surface area contributed by atoms with Crippen LogP contribution in [0.5, 0.6) is 0 Å². The second-order valence-corrected chi connectivity index (χ2v) is 11.7. The third-order valence-electron chi connectivity index (χ3n) is 7.13. The molecule has 0 radical (unpaired) electrons. The van der Waals surface area contributed by atoms with Gasteiger partial charge < -0.3 is 29.1 Å². The lowest BCUT2D eigenvalue weighted by Crippen LogP contribution is -2.55. The quantitative estimate of drug-likeness (QED) is 0.284. The van der Waals surface area contributed by atoms with Crippen molar-refractivity contribution in [3.63, 3.8) is 0 Å². The largest absolute Gasteiger partial charge is 0.511 e. The van der Waals surface area contributed by atoms with E-state index in [0.717, 1.165) is 47.7 Å². The summed E-state index contributed by atoms with van der Waals surface area (Å²) in [5.74, 6) is -0.979. The lowest BCUT2D eigenvalue weighted by molar-refractivity contribution is -0.134. The fraction of sp³-hybridized carbons (Fsp3) is 0.310. The molecule has 1 fully saturated rings. The van der Waals surface area contributed by atoms with E-state index in [0.29, 0.717) is 18.1 Å². The molecule has 1 atom stereocenters. The molecule has 2 aromatic carbocycles. The van der Waals surface area contributed by atoms with Crippen LogP contribution < -0.4 is 4.90 Å². The first-order chi connectivity index (χ1) is 19.8. The summed E-state index contributed by atoms with van der Waals surface area (Å²) in [6.07, 6.45) is -1.49. The van der Waals surface area contributed by atoms with Gasteiger partial charge in [-0.3, -0.25) is 4.79 Å². The van der Waals surface area contributed by atoms with Gasteiger partial charge in [-0.2, -0.15) is 11.3 Å². The molecule has 3 heterocycles. The van der Waals surface area contributed by atoms with Crippen LogP contribution in [-0.2, 0) is 24.5 Å². The number of ether oxygens (including phenoxy) is 3. The average Bonchev–Trinajstić information content (AvgIpc) is 3.51. The monoisotopic (exact) mass is 618 g/mol. The highest BCUT2D eigenvalue weighted by molar-refractivity contribution is 8.04. The maximum atomic E-state index is 14.4. The van der Waals surface area contributed by atoms with E-state index in [4.69, 9.17) is 25.8 Å². The third-order valence-corrected chi connectivity index (χ3v) is 9.42. The predicted molar refractivity (Wildman–Crippen MR) is 156 cm³/mol. The lowest BCUT2D eigenvalue weighted by Gasteiger charge is -2.48. The number of anilines is 1. The van der Waals surface area contributed by atoms with Crippen molar-refractivity contribution in [1.82, 2.24) is 4.90 Å². The number of thiophene rings is 1. The van der Waals surface area contributed by atoms with Gasteiger partial charge in [0.25, 0.3) is 5.91 Å². The van der Waals surface area contributed by atoms with Gasteiger partial charge in [-0.25, -0.2) is 9.18 Å². The number of carbonyl (C=O) groups excluding carboxylic acids is 1. The van der Waals surface area contributed by atoms with E-state index in [1.165, 1.54) is 23.5 Å². The van der Waals surface area contributed by atoms with Crippen molar-refractivity contribution in [2.75, 3.05) is 51.5 Å². The zero-order chi connectivity index (χ0) is 29.0. The van der Waals surface area contributed by atoms with Crippen LogP contribution in [0.4, 0.5) is 14.9 Å². The van der Waals surface area contributed by atoms with Crippen LogP contribution in [0.2, 0.25) is 5.02 Å². The number of nitrogens with zero attached hydrogens (tertiary/aromatic N) is 2. The first-order valence-electron chi connectivity index (χ1n) is 12.9. The van der Waals surface area contributed by atoms with E-state index in [-0.39, 0.29) is 35.3 Å². The van der Waals surface area contributed by atoms with Gasteiger partial charge in [-0.05, 0) is 58.3 Å². The number of halogens is 2. The van der Waals surface area contributed by atoms with Crippen molar-refractivity contribution in [3.05, 3.63) is 91.9 Å². The van der Waals surface area contributed by atoms with E-state index in [9.17, 15) is 19.1 Å². The van der Waals surface area contributed by atoms with Crippen LogP contribution >= 0.6 is 34.7 Å². The first-order valence-corrected chi connectivity index (χ1v) is 15.0. The molecule has 3 aromatic rings. The summed E-state index contributed by atoms with van der Waals surface area (Å²) in [5, 5.41) is 13.7. The van der Waals surface area contributed by atoms with E-state index < -0.39 is 23.4 Å². The number of thioether (sulfide) groups is 1. The summed E-state index contributed by atoms with van der Waals surface area (Å²) in [7, 11) is 1.56. The molecule has 0 spiro atoms. The summed E-state index contributed by atoms with van der Waals surface area (Å²) in [6, 6.07) is 13.7. The van der Waals surface area contributed by atoms with Gasteiger partial charge in [0.05, 0.1) is 24.8 Å². The van der Waals surface area contributed by atoms with Gasteiger partial charge >= 0.3 is 6.16 Å². The zero-order valence-electron chi connectivity index (χ0n) is 22.2. The molecule has 0 aliphatic carbocycles. The number of rotatable bonds is 9. The van der Waals surface area contributed by atoms with Gasteiger partial charge in [-0.1, -0.05) is 35.5 Å². The normalized spacial score (nSPS) is 19.5. The van der Waals surface area contributed by atoms with Crippen LogP contribution in [0, 0.1) is 5.82 Å². The van der Waals surface area contributed by atoms with E-state index in [1.807, 2.05) is 41.1 Å². The summed E-state index contributed by atoms with van der Waals surface area (Å²) in [6.45, 7) is 3.32. The number of benzene rings is 2. The molecule has 1 unspecified atom stereocenters. The Bertz CT molecular complexity index is 1430. The van der Waals surface area contributed by atoms with E-state index in [1.54, 1.807) is 12.0 Å². The molecule has 216 valence electrons. The topological polar surface area (TPSA) is 88.5 Å². The maximum Gasteiger partial charge on any atom is 0.511 e. The summed E-state index contributed by atoms with van der Waals surface area (Å²) in [4.78, 5) is 30.7. The number of methoxy groups -OCH3 is 1. The Kier molecular flexibility index (Phi) is 9.20. The molecule has 1 amide bonds. The van der Waals surface area contributed by atoms with Gasteiger partial charge in [-0.15, -0.1) is 0 Å². The minimum atomic E-state index is -1.54. The number of carboxylic acid groups (broad SMARTS) is 1. The Labute approximate surface area is 250 Å². The Morgan fingerprint density at radius 2 is 1.93 bits per heavy atom. The van der Waals surface area contributed by atoms with Crippen molar-refractivity contribution in [3.8, 4) is 0 Å². The van der Waals surface area contributed by atoms with Crippen molar-refractivity contribution < 1.29 is 33.3 Å². The predicted octanol–water partition coefficient (Wildman–Crippen LogP) is 6.20. The van der Waals surface area contributed by atoms with Crippen molar-refractivity contribution >= 4 is 52.4 Å². The van der Waals surface area contributed by atoms with Gasteiger partial charge in [0.15, 0.2) is 0 Å². The van der Waals surface area contributed by atoms with Crippen LogP contribution in [0.25, 0.3) is 0 Å². The standard InChI is InChI=1S/C29H28ClFN2O6S2/c1-37-12-11-33-27(34)26(41-25-7-4-21(31)16-23(25)30)24(39-28(35)36)17-29(33,20-8-15-40-18-20)19-2-5-22(6-3-19)32-9-13-38-14-10-32/h2-8,15-16,18H,9-14,17H2,1H3,(H,35,36). The molecule has 1 N–H and O–H groups in total. The summed E-state index contributed by atoms with van der Waals surface area (Å²) >= 11 is 8.72. The zero-order valence-corrected chi connectivity index (χ0v) is 24.6. The Hall–Kier alpha value is -3.09. The molecule has 0 saturated carbocycles. The smallest absolute Gasteiger partial charge is 0.449 e. The number of hydrogen-bond donors (Lipinski definition) is 1. The average molecular weight is 619 g/mol. The van der Waals surface area contributed by atoms with Crippen molar-refractivity contribution in [1.29, 1.82) is 0 Å². The van der Waals surface area contributed by atoms with Crippen LogP contribution in [0.15, 0.2) is 74.9 Å². The van der Waals surface area contributed by atoms with Gasteiger partial charge in [0, 0.05) is 43.7 Å². The SMILES string of the molecule is COCCN1C(=O)C(Sc2ccc(F)cc2Cl)=C(OC(=O)O)CC1(c1ccc(N2CCOCC2)cc1)c1ccsc1. The van der Waals surface area contributed by atoms with Gasteiger partial charge in [0.2, 0.25) is 0 Å². The molecule has 2 aliphatic rings. The molecule has 5 rings (SSSR count). The fourth-order valence-corrected chi connectivity index (χ4v) is 7.15. The summed E-state index contributed by atoms with van der Waals surface area (Å²) < 4.78 is 29.9. The molecule has 41 heavy (non-hydrogen) atoms. The number of hydrogen-bond acceptors (Lipinski definition) is 8. The highest BCUT2D eigenvalue weighted by Gasteiger charge is 2.50. The molecule has 2 aliphatic heterocycles.